The molecule has 3 rings (SSSR count). The van der Waals surface area contributed by atoms with Crippen molar-refractivity contribution in [3.05, 3.63) is 48.5 Å². The number of hydrogen-bond acceptors (Lipinski definition) is 0. The molecule has 0 unspecified atom stereocenters. The molecule has 66 valence electrons. The van der Waals surface area contributed by atoms with Crippen molar-refractivity contribution in [1.29, 1.82) is 0 Å². The van der Waals surface area contributed by atoms with Gasteiger partial charge in [-0.2, -0.15) is 0 Å². The van der Waals surface area contributed by atoms with E-state index in [-0.39, 0.29) is 0 Å². The quantitative estimate of drug-likeness (QED) is 0.373. The molecule has 0 spiro atoms. The molecular formula is C14H8Li2. The normalized spacial score (nSPS) is 11.2. The van der Waals surface area contributed by atoms with E-state index in [2.05, 4.69) is 84.0 Å². The summed E-state index contributed by atoms with van der Waals surface area (Å²) in [5, 5.41) is 5.39. The van der Waals surface area contributed by atoms with Crippen LogP contribution >= 0.6 is 0 Å². The molecule has 0 nitrogen and oxygen atoms in total. The predicted molar refractivity (Wildman–Crippen MR) is 72.2 cm³/mol. The first kappa shape index (κ1) is 10.5. The van der Waals surface area contributed by atoms with Crippen molar-refractivity contribution in [1.82, 2.24) is 0 Å². The average molecular weight is 190 g/mol. The van der Waals surface area contributed by atoms with Gasteiger partial charge in [0.25, 0.3) is 0 Å². The van der Waals surface area contributed by atoms with Gasteiger partial charge in [0.1, 0.15) is 0 Å². The van der Waals surface area contributed by atoms with Crippen LogP contribution in [0, 0.1) is 0 Å². The fraction of sp³-hybridized carbons (Fsp3) is 0. The number of rotatable bonds is 0. The molecule has 0 heterocycles. The summed E-state index contributed by atoms with van der Waals surface area (Å²) in [6.07, 6.45) is 0. The van der Waals surface area contributed by atoms with Crippen LogP contribution in [0.1, 0.15) is 0 Å². The number of hydrogen-bond donors (Lipinski definition) is 0. The topological polar surface area (TPSA) is 0 Å². The molecule has 0 saturated carbocycles. The van der Waals surface area contributed by atoms with Gasteiger partial charge in [-0.05, 0) is 0 Å². The van der Waals surface area contributed by atoms with Crippen LogP contribution in [-0.4, -0.2) is 35.4 Å². The number of fused-ring (bicyclic) bond motifs is 2. The second kappa shape index (κ2) is 3.99. The van der Waals surface area contributed by atoms with Crippen molar-refractivity contribution in [3.8, 4) is 0 Å². The first-order chi connectivity index (χ1) is 7.75. The van der Waals surface area contributed by atoms with Crippen LogP contribution in [0.5, 0.6) is 0 Å². The maximum absolute atomic E-state index is 2.30. The summed E-state index contributed by atoms with van der Waals surface area (Å²) >= 11 is 4.34. The molecule has 0 atom stereocenters. The van der Waals surface area contributed by atoms with Gasteiger partial charge in [0.2, 0.25) is 0 Å². The zero-order valence-corrected chi connectivity index (χ0v) is 9.62. The second-order valence-electron chi connectivity index (χ2n) is 4.44. The Balaban J connectivity index is 2.54. The van der Waals surface area contributed by atoms with Gasteiger partial charge in [-0.3, -0.25) is 0 Å². The van der Waals surface area contributed by atoms with Crippen molar-refractivity contribution in [3.63, 3.8) is 0 Å². The molecule has 0 fully saturated rings. The third-order valence-corrected chi connectivity index (χ3v) is 3.32. The van der Waals surface area contributed by atoms with E-state index in [1.165, 1.54) is 30.0 Å². The molecule has 2 heteroatoms. The van der Waals surface area contributed by atoms with Gasteiger partial charge >= 0.3 is 114 Å². The minimum atomic E-state index is 1.34. The van der Waals surface area contributed by atoms with E-state index in [0.29, 0.717) is 0 Å². The van der Waals surface area contributed by atoms with Gasteiger partial charge in [-0.15, -0.1) is 0 Å². The van der Waals surface area contributed by atoms with Crippen molar-refractivity contribution in [2.75, 3.05) is 0 Å². The Morgan fingerprint density at radius 1 is 0.625 bits per heavy atom. The van der Waals surface area contributed by atoms with Crippen molar-refractivity contribution in [2.45, 2.75) is 0 Å². The second-order valence-corrected chi connectivity index (χ2v) is 4.44. The third kappa shape index (κ3) is 1.64. The first-order valence-corrected chi connectivity index (χ1v) is 5.64. The van der Waals surface area contributed by atoms with Gasteiger partial charge in [0.15, 0.2) is 0 Å². The van der Waals surface area contributed by atoms with E-state index in [0.717, 1.165) is 0 Å². The summed E-state index contributed by atoms with van der Waals surface area (Å²) in [5.74, 6) is 0. The fourth-order valence-corrected chi connectivity index (χ4v) is 2.36. The molecule has 0 bridgehead atoms. The Labute approximate surface area is 113 Å². The first-order valence-electron chi connectivity index (χ1n) is 5.64. The van der Waals surface area contributed by atoms with E-state index in [1.807, 2.05) is 0 Å². The third-order valence-electron chi connectivity index (χ3n) is 3.32. The SMILES string of the molecule is [Li][c]1cccc2cc3[c]([Li])cccc3cc12. The van der Waals surface area contributed by atoms with Crippen LogP contribution in [0.2, 0.25) is 0 Å². The molecule has 16 heavy (non-hydrogen) atoms. The number of benzene rings is 3. The Hall–Kier alpha value is -0.625. The summed E-state index contributed by atoms with van der Waals surface area (Å²) in [6.45, 7) is 0. The van der Waals surface area contributed by atoms with Crippen molar-refractivity contribution < 1.29 is 0 Å². The van der Waals surface area contributed by atoms with Crippen LogP contribution in [0.25, 0.3) is 21.5 Å². The Bertz CT molecular complexity index is 625. The van der Waals surface area contributed by atoms with Gasteiger partial charge in [0, 0.05) is 0 Å². The molecule has 0 saturated heterocycles. The summed E-state index contributed by atoms with van der Waals surface area (Å²) in [6, 6.07) is 17.6. The van der Waals surface area contributed by atoms with Gasteiger partial charge in [0.05, 0.1) is 0 Å². The summed E-state index contributed by atoms with van der Waals surface area (Å²) in [4.78, 5) is 0. The monoisotopic (exact) mass is 190 g/mol. The Kier molecular flexibility index (Phi) is 2.63. The zero-order chi connectivity index (χ0) is 11.1. The van der Waals surface area contributed by atoms with Crippen LogP contribution in [0.4, 0.5) is 0 Å². The molecule has 0 amide bonds. The zero-order valence-electron chi connectivity index (χ0n) is 9.62. The molecule has 3 aromatic carbocycles. The summed E-state index contributed by atoms with van der Waals surface area (Å²) in [7, 11) is 0. The molecule has 3 aromatic rings. The minimum absolute atomic E-state index is 1.34. The van der Waals surface area contributed by atoms with Crippen molar-refractivity contribution >= 4 is 65.4 Å². The maximum atomic E-state index is 2.30. The molecule has 0 radical (unpaired) electrons. The van der Waals surface area contributed by atoms with E-state index in [9.17, 15) is 0 Å². The Morgan fingerprint density at radius 2 is 1.06 bits per heavy atom. The summed E-state index contributed by atoms with van der Waals surface area (Å²) in [5.41, 5.74) is 0. The van der Waals surface area contributed by atoms with E-state index >= 15 is 0 Å². The standard InChI is InChI=1S/C14H8.2Li/c1-2-6-12-10-14-8-4-3-7-13(14)9-11(12)5-1;;/h1-5,8-10H;;. The summed E-state index contributed by atoms with van der Waals surface area (Å²) < 4.78 is 2.70. The predicted octanol–water partition coefficient (Wildman–Crippen LogP) is 1.58. The van der Waals surface area contributed by atoms with Gasteiger partial charge in [-0.25, -0.2) is 0 Å². The van der Waals surface area contributed by atoms with Crippen LogP contribution in [0.3, 0.4) is 0 Å². The van der Waals surface area contributed by atoms with Crippen LogP contribution < -0.4 is 8.47 Å². The van der Waals surface area contributed by atoms with Crippen LogP contribution in [0.15, 0.2) is 48.5 Å². The molecule has 0 N–H and O–H groups in total. The molecule has 0 aliphatic rings. The Morgan fingerprint density at radius 3 is 1.50 bits per heavy atom. The van der Waals surface area contributed by atoms with Crippen LogP contribution in [-0.2, 0) is 0 Å². The van der Waals surface area contributed by atoms with Crippen molar-refractivity contribution in [2.24, 2.45) is 0 Å². The van der Waals surface area contributed by atoms with Gasteiger partial charge in [-0.1, -0.05) is 0 Å². The molecule has 0 aromatic heterocycles. The van der Waals surface area contributed by atoms with E-state index in [4.69, 9.17) is 0 Å². The average Bonchev–Trinajstić information content (AvgIpc) is 2.29. The van der Waals surface area contributed by atoms with E-state index in [1.54, 1.807) is 0 Å². The molecule has 0 aliphatic carbocycles. The van der Waals surface area contributed by atoms with Gasteiger partial charge < -0.3 is 0 Å². The molecule has 0 aliphatic heterocycles. The fourth-order valence-electron chi connectivity index (χ4n) is 2.36. The van der Waals surface area contributed by atoms with E-state index < -0.39 is 0 Å². The molecular weight excluding hydrogens is 182 g/mol.